The first-order chi connectivity index (χ1) is 13.2. The Balaban J connectivity index is 1.68. The van der Waals surface area contributed by atoms with Gasteiger partial charge in [-0.05, 0) is 42.0 Å². The monoisotopic (exact) mass is 487 g/mol. The topological polar surface area (TPSA) is 38.8 Å². The van der Waals surface area contributed by atoms with Crippen molar-refractivity contribution in [1.82, 2.24) is 0 Å². The number of fused-ring (bicyclic) bond motifs is 1. The van der Waals surface area contributed by atoms with E-state index < -0.39 is 17.6 Å². The van der Waals surface area contributed by atoms with Crippen LogP contribution in [-0.2, 0) is 11.0 Å². The maximum Gasteiger partial charge on any atom is 0.416 e. The number of halogens is 4. The van der Waals surface area contributed by atoms with Crippen LogP contribution >= 0.6 is 39.9 Å². The number of anilines is 1. The van der Waals surface area contributed by atoms with Gasteiger partial charge in [-0.1, -0.05) is 46.0 Å². The number of nitrogens with zero attached hydrogens (tertiary/aromatic N) is 1. The molecule has 2 aromatic carbocycles. The zero-order chi connectivity index (χ0) is 20.1. The molecule has 4 rings (SSSR count). The highest BCUT2D eigenvalue weighted by atomic mass is 79.9. The van der Waals surface area contributed by atoms with E-state index in [4.69, 9.17) is 21.7 Å². The van der Waals surface area contributed by atoms with Crippen molar-refractivity contribution in [2.45, 2.75) is 6.18 Å². The minimum atomic E-state index is -4.51. The summed E-state index contributed by atoms with van der Waals surface area (Å²) < 4.78 is 50.4. The lowest BCUT2D eigenvalue weighted by Gasteiger charge is -2.16. The van der Waals surface area contributed by atoms with E-state index in [9.17, 15) is 18.0 Å². The molecule has 2 aliphatic heterocycles. The number of thiocarbonyl (C=S) groups is 1. The van der Waals surface area contributed by atoms with Crippen molar-refractivity contribution in [3.8, 4) is 11.5 Å². The number of rotatable bonds is 2. The van der Waals surface area contributed by atoms with Gasteiger partial charge >= 0.3 is 6.18 Å². The number of ether oxygens (including phenoxy) is 2. The molecular weight excluding hydrogens is 479 g/mol. The van der Waals surface area contributed by atoms with Gasteiger partial charge in [0, 0.05) is 4.47 Å². The first-order valence-corrected chi connectivity index (χ1v) is 9.80. The van der Waals surface area contributed by atoms with Crippen LogP contribution in [0.25, 0.3) is 6.08 Å². The van der Waals surface area contributed by atoms with Crippen molar-refractivity contribution < 1.29 is 27.4 Å². The zero-order valence-corrected chi connectivity index (χ0v) is 17.0. The molecule has 1 amide bonds. The molecule has 2 heterocycles. The summed E-state index contributed by atoms with van der Waals surface area (Å²) in [6, 6.07) is 7.95. The first-order valence-electron chi connectivity index (χ1n) is 7.78. The Bertz CT molecular complexity index is 1040. The molecule has 1 fully saturated rings. The molecule has 2 aliphatic rings. The van der Waals surface area contributed by atoms with Gasteiger partial charge in [0.05, 0.1) is 16.2 Å². The van der Waals surface area contributed by atoms with Crippen molar-refractivity contribution in [1.29, 1.82) is 0 Å². The Morgan fingerprint density at radius 1 is 1.18 bits per heavy atom. The average molecular weight is 488 g/mol. The molecule has 10 heteroatoms. The maximum absolute atomic E-state index is 13.0. The van der Waals surface area contributed by atoms with E-state index in [1.165, 1.54) is 12.1 Å². The van der Waals surface area contributed by atoms with Crippen molar-refractivity contribution >= 4 is 61.9 Å². The summed E-state index contributed by atoms with van der Waals surface area (Å²) in [5.41, 5.74) is -0.110. The SMILES string of the molecule is O=C1/C(=C\c2cc3c(cc2Br)OCO3)SC(=S)N1c1cccc(C(F)(F)F)c1. The van der Waals surface area contributed by atoms with Gasteiger partial charge in [-0.2, -0.15) is 13.2 Å². The Labute approximate surface area is 175 Å². The second kappa shape index (κ2) is 7.09. The highest BCUT2D eigenvalue weighted by Crippen LogP contribution is 2.41. The zero-order valence-electron chi connectivity index (χ0n) is 13.7. The van der Waals surface area contributed by atoms with Crippen LogP contribution < -0.4 is 14.4 Å². The number of carbonyl (C=O) groups excluding carboxylic acids is 1. The smallest absolute Gasteiger partial charge is 0.416 e. The number of hydrogen-bond acceptors (Lipinski definition) is 5. The number of thioether (sulfide) groups is 1. The summed E-state index contributed by atoms with van der Waals surface area (Å²) in [7, 11) is 0. The number of alkyl halides is 3. The van der Waals surface area contributed by atoms with E-state index in [2.05, 4.69) is 15.9 Å². The molecular formula is C18H9BrF3NO3S2. The molecule has 28 heavy (non-hydrogen) atoms. The third-order valence-electron chi connectivity index (χ3n) is 4.00. The molecule has 0 unspecified atom stereocenters. The number of carbonyl (C=O) groups is 1. The number of hydrogen-bond donors (Lipinski definition) is 0. The standard InChI is InChI=1S/C18H9BrF3NO3S2/c19-12-7-14-13(25-8-26-14)4-9(12)5-15-16(24)23(17(27)28-15)11-3-1-2-10(6-11)18(20,21)22/h1-7H,8H2/b15-5+. The minimum Gasteiger partial charge on any atom is -0.454 e. The third-order valence-corrected chi connectivity index (χ3v) is 5.99. The Morgan fingerprint density at radius 3 is 2.61 bits per heavy atom. The average Bonchev–Trinajstić information content (AvgIpc) is 3.18. The lowest BCUT2D eigenvalue weighted by Crippen LogP contribution is -2.27. The lowest BCUT2D eigenvalue weighted by atomic mass is 10.1. The Kier molecular flexibility index (Phi) is 4.88. The predicted octanol–water partition coefficient (Wildman–Crippen LogP) is 5.60. The molecule has 1 saturated heterocycles. The first kappa shape index (κ1) is 19.3. The van der Waals surface area contributed by atoms with Crippen LogP contribution in [0.1, 0.15) is 11.1 Å². The fourth-order valence-electron chi connectivity index (χ4n) is 2.70. The summed E-state index contributed by atoms with van der Waals surface area (Å²) in [5, 5.41) is 0. The fraction of sp³-hybridized carbons (Fsp3) is 0.111. The molecule has 0 atom stereocenters. The van der Waals surface area contributed by atoms with Gasteiger partial charge in [0.1, 0.15) is 0 Å². The second-order valence-electron chi connectivity index (χ2n) is 5.79. The molecule has 0 saturated carbocycles. The summed E-state index contributed by atoms with van der Waals surface area (Å²) in [6.07, 6.45) is -2.90. The summed E-state index contributed by atoms with van der Waals surface area (Å²) in [5.74, 6) is 0.641. The number of benzene rings is 2. The Morgan fingerprint density at radius 2 is 1.89 bits per heavy atom. The number of amides is 1. The molecule has 2 aromatic rings. The molecule has 0 radical (unpaired) electrons. The molecule has 0 aromatic heterocycles. The highest BCUT2D eigenvalue weighted by molar-refractivity contribution is 9.10. The molecule has 144 valence electrons. The van der Waals surface area contributed by atoms with Gasteiger partial charge in [-0.3, -0.25) is 9.69 Å². The van der Waals surface area contributed by atoms with Crippen LogP contribution in [0.4, 0.5) is 18.9 Å². The maximum atomic E-state index is 13.0. The minimum absolute atomic E-state index is 0.0745. The fourth-order valence-corrected chi connectivity index (χ4v) is 4.42. The Hall–Kier alpha value is -2.04. The lowest BCUT2D eigenvalue weighted by molar-refractivity contribution is -0.137. The van der Waals surface area contributed by atoms with Crippen LogP contribution in [0.15, 0.2) is 45.8 Å². The van der Waals surface area contributed by atoms with E-state index >= 15 is 0 Å². The summed E-state index contributed by atoms with van der Waals surface area (Å²) in [4.78, 5) is 14.2. The predicted molar refractivity (Wildman–Crippen MR) is 107 cm³/mol. The second-order valence-corrected chi connectivity index (χ2v) is 8.32. The van der Waals surface area contributed by atoms with Gasteiger partial charge in [0.15, 0.2) is 15.8 Å². The van der Waals surface area contributed by atoms with Gasteiger partial charge in [-0.25, -0.2) is 0 Å². The summed E-state index contributed by atoms with van der Waals surface area (Å²) >= 11 is 9.66. The van der Waals surface area contributed by atoms with Crippen LogP contribution in [-0.4, -0.2) is 17.0 Å². The van der Waals surface area contributed by atoms with Gasteiger partial charge in [-0.15, -0.1) is 0 Å². The molecule has 0 aliphatic carbocycles. The van der Waals surface area contributed by atoms with E-state index in [0.717, 1.165) is 28.8 Å². The largest absolute Gasteiger partial charge is 0.454 e. The molecule has 0 bridgehead atoms. The normalized spacial score (nSPS) is 17.7. The van der Waals surface area contributed by atoms with E-state index in [1.54, 1.807) is 18.2 Å². The summed E-state index contributed by atoms with van der Waals surface area (Å²) in [6.45, 7) is 0.114. The van der Waals surface area contributed by atoms with Crippen LogP contribution in [0.5, 0.6) is 11.5 Å². The molecule has 0 N–H and O–H groups in total. The molecule has 0 spiro atoms. The van der Waals surface area contributed by atoms with Gasteiger partial charge in [0.25, 0.3) is 5.91 Å². The van der Waals surface area contributed by atoms with E-state index in [0.29, 0.717) is 26.4 Å². The van der Waals surface area contributed by atoms with Gasteiger partial charge < -0.3 is 9.47 Å². The highest BCUT2D eigenvalue weighted by Gasteiger charge is 2.36. The van der Waals surface area contributed by atoms with Crippen molar-refractivity contribution in [3.63, 3.8) is 0 Å². The van der Waals surface area contributed by atoms with E-state index in [-0.39, 0.29) is 16.8 Å². The van der Waals surface area contributed by atoms with Crippen molar-refractivity contribution in [2.24, 2.45) is 0 Å². The third kappa shape index (κ3) is 3.51. The van der Waals surface area contributed by atoms with Crippen molar-refractivity contribution in [2.75, 3.05) is 11.7 Å². The van der Waals surface area contributed by atoms with Crippen LogP contribution in [0.3, 0.4) is 0 Å². The molecule has 4 nitrogen and oxygen atoms in total. The quantitative estimate of drug-likeness (QED) is 0.407. The van der Waals surface area contributed by atoms with Crippen LogP contribution in [0, 0.1) is 0 Å². The van der Waals surface area contributed by atoms with Gasteiger partial charge in [0.2, 0.25) is 6.79 Å². The van der Waals surface area contributed by atoms with Crippen LogP contribution in [0.2, 0.25) is 0 Å². The van der Waals surface area contributed by atoms with E-state index in [1.807, 2.05) is 0 Å². The van der Waals surface area contributed by atoms with Crippen molar-refractivity contribution in [3.05, 3.63) is 56.9 Å².